The van der Waals surface area contributed by atoms with Crippen LogP contribution >= 0.6 is 24.0 Å². The van der Waals surface area contributed by atoms with Crippen molar-refractivity contribution < 1.29 is 28.2 Å². The molecule has 1 amide bonds. The lowest BCUT2D eigenvalue weighted by Crippen LogP contribution is -2.29. The molecular weight excluding hydrogens is 384 g/mol. The number of hydrogen-bond acceptors (Lipinski definition) is 6. The van der Waals surface area contributed by atoms with Crippen LogP contribution in [0.2, 0.25) is 0 Å². The summed E-state index contributed by atoms with van der Waals surface area (Å²) in [5.41, 5.74) is 0.668. The lowest BCUT2D eigenvalue weighted by molar-refractivity contribution is -0.305. The van der Waals surface area contributed by atoms with Crippen molar-refractivity contribution in [3.8, 4) is 5.75 Å². The summed E-state index contributed by atoms with van der Waals surface area (Å²) >= 11 is 6.39. The smallest absolute Gasteiger partial charge is 0.387 e. The quantitative estimate of drug-likeness (QED) is 0.361. The highest BCUT2D eigenvalue weighted by Gasteiger charge is 2.31. The number of benzene rings is 1. The molecule has 26 heavy (non-hydrogen) atoms. The molecule has 1 aromatic carbocycles. The molecule has 1 heterocycles. The minimum absolute atomic E-state index is 0.00354. The zero-order chi connectivity index (χ0) is 19.1. The van der Waals surface area contributed by atoms with Gasteiger partial charge in [0.1, 0.15) is 10.1 Å². The fourth-order valence-corrected chi connectivity index (χ4v) is 3.61. The van der Waals surface area contributed by atoms with E-state index in [1.54, 1.807) is 18.2 Å². The third kappa shape index (κ3) is 6.06. The minimum Gasteiger partial charge on any atom is -0.550 e. The van der Waals surface area contributed by atoms with Gasteiger partial charge < -0.3 is 14.6 Å². The van der Waals surface area contributed by atoms with E-state index in [1.807, 2.05) is 0 Å². The first kappa shape index (κ1) is 20.3. The zero-order valence-corrected chi connectivity index (χ0v) is 15.3. The van der Waals surface area contributed by atoms with Gasteiger partial charge in [-0.2, -0.15) is 8.78 Å². The van der Waals surface area contributed by atoms with Gasteiger partial charge in [0.25, 0.3) is 5.91 Å². The number of nitrogens with zero attached hydrogens (tertiary/aromatic N) is 1. The summed E-state index contributed by atoms with van der Waals surface area (Å²) in [4.78, 5) is 24.7. The molecule has 0 aromatic heterocycles. The van der Waals surface area contributed by atoms with Crippen molar-refractivity contribution in [1.29, 1.82) is 0 Å². The molecule has 0 bridgehead atoms. The predicted molar refractivity (Wildman–Crippen MR) is 96.4 cm³/mol. The number of thiocarbonyl (C=S) groups is 1. The summed E-state index contributed by atoms with van der Waals surface area (Å²) in [6.07, 6.45) is 3.45. The van der Waals surface area contributed by atoms with E-state index in [2.05, 4.69) is 4.74 Å². The van der Waals surface area contributed by atoms with Gasteiger partial charge in [0, 0.05) is 12.5 Å². The molecular formula is C17H16F2NO4S2-. The maximum atomic E-state index is 12.4. The van der Waals surface area contributed by atoms with Crippen LogP contribution in [0.4, 0.5) is 8.78 Å². The molecule has 0 aliphatic carbocycles. The van der Waals surface area contributed by atoms with Gasteiger partial charge in [-0.1, -0.05) is 42.5 Å². The van der Waals surface area contributed by atoms with Gasteiger partial charge in [0.15, 0.2) is 0 Å². The number of unbranched alkanes of at least 4 members (excludes halogenated alkanes) is 2. The van der Waals surface area contributed by atoms with Crippen LogP contribution in [0.15, 0.2) is 29.2 Å². The standard InChI is InChI=1S/C17H17F2NO4S2/c18-16(19)24-12-7-5-11(6-8-12)10-13-15(23)20(17(25)26-13)9-3-1-2-4-14(21)22/h5-8,10,16H,1-4,9H2,(H,21,22)/p-1/b13-10-. The first-order valence-corrected chi connectivity index (χ1v) is 9.09. The van der Waals surface area contributed by atoms with Gasteiger partial charge in [0.2, 0.25) is 0 Å². The second kappa shape index (κ2) is 9.63. The van der Waals surface area contributed by atoms with Crippen LogP contribution in [0.25, 0.3) is 6.08 Å². The number of ether oxygens (including phenoxy) is 1. The Morgan fingerprint density at radius 2 is 1.96 bits per heavy atom. The van der Waals surface area contributed by atoms with Gasteiger partial charge in [-0.15, -0.1) is 0 Å². The number of amides is 1. The van der Waals surface area contributed by atoms with Gasteiger partial charge in [0.05, 0.1) is 4.91 Å². The van der Waals surface area contributed by atoms with Gasteiger partial charge in [-0.3, -0.25) is 9.69 Å². The maximum absolute atomic E-state index is 12.4. The van der Waals surface area contributed by atoms with Gasteiger partial charge in [-0.25, -0.2) is 0 Å². The van der Waals surface area contributed by atoms with E-state index >= 15 is 0 Å². The van der Waals surface area contributed by atoms with E-state index in [0.717, 1.165) is 0 Å². The summed E-state index contributed by atoms with van der Waals surface area (Å²) < 4.78 is 29.0. The number of carbonyl (C=O) groups excluding carboxylic acids is 2. The Bertz CT molecular complexity index is 707. The third-order valence-corrected chi connectivity index (χ3v) is 4.92. The fourth-order valence-electron chi connectivity index (χ4n) is 2.31. The summed E-state index contributed by atoms with van der Waals surface area (Å²) in [7, 11) is 0. The van der Waals surface area contributed by atoms with Crippen molar-refractivity contribution in [2.45, 2.75) is 32.3 Å². The number of rotatable bonds is 9. The monoisotopic (exact) mass is 400 g/mol. The number of carboxylic acid groups (broad SMARTS) is 1. The van der Waals surface area contributed by atoms with E-state index < -0.39 is 12.6 Å². The molecule has 0 atom stereocenters. The summed E-state index contributed by atoms with van der Waals surface area (Å²) in [5.74, 6) is -1.25. The molecule has 0 spiro atoms. The van der Waals surface area contributed by atoms with E-state index in [-0.39, 0.29) is 18.1 Å². The average molecular weight is 400 g/mol. The van der Waals surface area contributed by atoms with Crippen molar-refractivity contribution in [3.05, 3.63) is 34.7 Å². The Morgan fingerprint density at radius 3 is 2.58 bits per heavy atom. The normalized spacial score (nSPS) is 16.0. The number of halogens is 2. The molecule has 140 valence electrons. The largest absolute Gasteiger partial charge is 0.550 e. The summed E-state index contributed by atoms with van der Waals surface area (Å²) in [6.45, 7) is -2.46. The number of alkyl halides is 2. The number of thioether (sulfide) groups is 1. The molecule has 2 rings (SSSR count). The van der Waals surface area contributed by atoms with Gasteiger partial charge in [-0.05, 0) is 43.0 Å². The summed E-state index contributed by atoms with van der Waals surface area (Å²) in [6, 6.07) is 5.94. The van der Waals surface area contributed by atoms with Crippen molar-refractivity contribution in [3.63, 3.8) is 0 Å². The van der Waals surface area contributed by atoms with Crippen molar-refractivity contribution >= 4 is 46.3 Å². The molecule has 1 aliphatic heterocycles. The Labute approximate surface area is 159 Å². The van der Waals surface area contributed by atoms with Gasteiger partial charge >= 0.3 is 6.61 Å². The summed E-state index contributed by atoms with van der Waals surface area (Å²) in [5, 5.41) is 10.4. The molecule has 0 radical (unpaired) electrons. The molecule has 0 unspecified atom stereocenters. The topological polar surface area (TPSA) is 69.7 Å². The highest BCUT2D eigenvalue weighted by molar-refractivity contribution is 8.26. The highest BCUT2D eigenvalue weighted by Crippen LogP contribution is 2.33. The maximum Gasteiger partial charge on any atom is 0.387 e. The molecule has 1 aromatic rings. The second-order valence-electron chi connectivity index (χ2n) is 5.46. The predicted octanol–water partition coefficient (Wildman–Crippen LogP) is 2.80. The number of aliphatic carboxylic acids is 1. The molecule has 9 heteroatoms. The molecule has 1 saturated heterocycles. The van der Waals surface area contributed by atoms with Crippen molar-refractivity contribution in [2.75, 3.05) is 6.54 Å². The van der Waals surface area contributed by atoms with Crippen LogP contribution in [0, 0.1) is 0 Å². The molecule has 0 saturated carbocycles. The SMILES string of the molecule is O=C([O-])CCCCCN1C(=O)/C(=C/c2ccc(OC(F)F)cc2)SC1=S. The van der Waals surface area contributed by atoms with Crippen molar-refractivity contribution in [1.82, 2.24) is 4.90 Å². The number of carbonyl (C=O) groups is 2. The molecule has 1 aliphatic rings. The minimum atomic E-state index is -2.89. The average Bonchev–Trinajstić information content (AvgIpc) is 2.83. The molecule has 1 fully saturated rings. The molecule has 0 N–H and O–H groups in total. The lowest BCUT2D eigenvalue weighted by Gasteiger charge is -2.14. The van der Waals surface area contributed by atoms with Crippen LogP contribution in [0.1, 0.15) is 31.2 Å². The van der Waals surface area contributed by atoms with E-state index in [1.165, 1.54) is 28.8 Å². The van der Waals surface area contributed by atoms with Crippen LogP contribution in [0.3, 0.4) is 0 Å². The Hall–Kier alpha value is -2.00. The van der Waals surface area contributed by atoms with Crippen LogP contribution < -0.4 is 9.84 Å². The Morgan fingerprint density at radius 1 is 1.27 bits per heavy atom. The first-order chi connectivity index (χ1) is 12.4. The van der Waals surface area contributed by atoms with Crippen LogP contribution in [-0.4, -0.2) is 34.3 Å². The molecule has 5 nitrogen and oxygen atoms in total. The Balaban J connectivity index is 1.92. The number of hydrogen-bond donors (Lipinski definition) is 0. The lowest BCUT2D eigenvalue weighted by atomic mass is 10.2. The number of carboxylic acids is 1. The van der Waals surface area contributed by atoms with E-state index in [9.17, 15) is 23.5 Å². The van der Waals surface area contributed by atoms with Crippen LogP contribution in [-0.2, 0) is 9.59 Å². The zero-order valence-electron chi connectivity index (χ0n) is 13.7. The first-order valence-electron chi connectivity index (χ1n) is 7.87. The van der Waals surface area contributed by atoms with E-state index in [4.69, 9.17) is 12.2 Å². The van der Waals surface area contributed by atoms with Crippen molar-refractivity contribution in [2.24, 2.45) is 0 Å². The second-order valence-corrected chi connectivity index (χ2v) is 7.14. The Kier molecular flexibility index (Phi) is 7.52. The van der Waals surface area contributed by atoms with Crippen LogP contribution in [0.5, 0.6) is 5.75 Å². The van der Waals surface area contributed by atoms with E-state index in [0.29, 0.717) is 40.6 Å². The fraction of sp³-hybridized carbons (Fsp3) is 0.353. The third-order valence-electron chi connectivity index (χ3n) is 3.54. The highest BCUT2D eigenvalue weighted by atomic mass is 32.2.